The Balaban J connectivity index is 1.83. The molecule has 1 N–H and O–H groups in total. The normalized spacial score (nSPS) is 10.3. The van der Waals surface area contributed by atoms with Crippen molar-refractivity contribution in [3.8, 4) is 5.75 Å². The molecule has 2 aromatic rings. The lowest BCUT2D eigenvalue weighted by molar-refractivity contribution is -0.119. The summed E-state index contributed by atoms with van der Waals surface area (Å²) in [7, 11) is 0. The molecule has 5 nitrogen and oxygen atoms in total. The largest absolute Gasteiger partial charge is 0.452 e. The first-order valence-corrected chi connectivity index (χ1v) is 7.79. The predicted molar refractivity (Wildman–Crippen MR) is 91.1 cm³/mol. The van der Waals surface area contributed by atoms with Gasteiger partial charge in [0.25, 0.3) is 5.91 Å². The highest BCUT2D eigenvalue weighted by atomic mass is 127. The molecule has 0 heterocycles. The fourth-order valence-corrected chi connectivity index (χ4v) is 2.29. The van der Waals surface area contributed by atoms with Crippen LogP contribution in [0, 0.1) is 3.57 Å². The number of hydrogen-bond acceptors (Lipinski definition) is 4. The second kappa shape index (κ2) is 8.57. The predicted octanol–water partition coefficient (Wildman–Crippen LogP) is 3.69. The summed E-state index contributed by atoms with van der Waals surface area (Å²) in [5.41, 5.74) is 0.718. The van der Waals surface area contributed by atoms with Crippen LogP contribution in [-0.4, -0.2) is 25.1 Å². The van der Waals surface area contributed by atoms with Crippen LogP contribution >= 0.6 is 22.6 Å². The Morgan fingerprint density at radius 2 is 1.83 bits per heavy atom. The van der Waals surface area contributed by atoms with Crippen LogP contribution in [0.15, 0.2) is 48.5 Å². The van der Waals surface area contributed by atoms with Crippen LogP contribution in [0.1, 0.15) is 10.4 Å². The fraction of sp³-hybridized carbons (Fsp3) is 0.125. The minimum Gasteiger partial charge on any atom is -0.452 e. The molecule has 0 spiro atoms. The van der Waals surface area contributed by atoms with Gasteiger partial charge in [0.05, 0.1) is 5.56 Å². The molecule has 0 saturated heterocycles. The maximum atomic E-state index is 12.0. The average molecular weight is 447 g/mol. The summed E-state index contributed by atoms with van der Waals surface area (Å²) < 4.78 is 34.0. The van der Waals surface area contributed by atoms with E-state index >= 15 is 0 Å². The molecule has 2 aromatic carbocycles. The third kappa shape index (κ3) is 5.76. The standard InChI is InChI=1S/C16H12F2INO4/c17-16(18)24-13-6-4-12(5-7-13)20-14(21)9-23-15(22)10-2-1-3-11(19)8-10/h1-8,16H,9H2,(H,20,21). The third-order valence-corrected chi connectivity index (χ3v) is 3.43. The van der Waals surface area contributed by atoms with Crippen molar-refractivity contribution in [1.82, 2.24) is 0 Å². The van der Waals surface area contributed by atoms with Gasteiger partial charge in [0.2, 0.25) is 0 Å². The van der Waals surface area contributed by atoms with Crippen molar-refractivity contribution in [3.05, 3.63) is 57.7 Å². The summed E-state index contributed by atoms with van der Waals surface area (Å²) >= 11 is 2.06. The zero-order valence-electron chi connectivity index (χ0n) is 12.2. The molecular weight excluding hydrogens is 435 g/mol. The maximum Gasteiger partial charge on any atom is 0.387 e. The van der Waals surface area contributed by atoms with E-state index < -0.39 is 25.1 Å². The summed E-state index contributed by atoms with van der Waals surface area (Å²) in [5.74, 6) is -1.17. The SMILES string of the molecule is O=C(COC(=O)c1cccc(I)c1)Nc1ccc(OC(F)F)cc1. The van der Waals surface area contributed by atoms with Crippen LogP contribution in [0.5, 0.6) is 5.75 Å². The van der Waals surface area contributed by atoms with E-state index in [4.69, 9.17) is 4.74 Å². The van der Waals surface area contributed by atoms with Crippen LogP contribution < -0.4 is 10.1 Å². The quantitative estimate of drug-likeness (QED) is 0.542. The molecule has 0 unspecified atom stereocenters. The van der Waals surface area contributed by atoms with Gasteiger partial charge in [0, 0.05) is 9.26 Å². The molecular formula is C16H12F2INO4. The number of carbonyl (C=O) groups excluding carboxylic acids is 2. The Hall–Kier alpha value is -2.23. The van der Waals surface area contributed by atoms with Crippen molar-refractivity contribution in [1.29, 1.82) is 0 Å². The highest BCUT2D eigenvalue weighted by Crippen LogP contribution is 2.17. The first-order chi connectivity index (χ1) is 11.4. The minimum absolute atomic E-state index is 0.0203. The summed E-state index contributed by atoms with van der Waals surface area (Å²) in [6, 6.07) is 12.1. The molecule has 0 aromatic heterocycles. The van der Waals surface area contributed by atoms with Crippen LogP contribution in [0.2, 0.25) is 0 Å². The number of esters is 1. The van der Waals surface area contributed by atoms with E-state index in [1.807, 2.05) is 6.07 Å². The third-order valence-electron chi connectivity index (χ3n) is 2.76. The lowest BCUT2D eigenvalue weighted by Gasteiger charge is -2.08. The highest BCUT2D eigenvalue weighted by Gasteiger charge is 2.11. The Morgan fingerprint density at radius 1 is 1.12 bits per heavy atom. The smallest absolute Gasteiger partial charge is 0.387 e. The topological polar surface area (TPSA) is 64.6 Å². The zero-order chi connectivity index (χ0) is 17.5. The molecule has 8 heteroatoms. The molecule has 24 heavy (non-hydrogen) atoms. The number of rotatable bonds is 6. The summed E-state index contributed by atoms with van der Waals surface area (Å²) in [6.45, 7) is -3.37. The lowest BCUT2D eigenvalue weighted by atomic mass is 10.2. The van der Waals surface area contributed by atoms with Gasteiger partial charge in [-0.3, -0.25) is 4.79 Å². The van der Waals surface area contributed by atoms with Crippen molar-refractivity contribution in [3.63, 3.8) is 0 Å². The van der Waals surface area contributed by atoms with E-state index in [1.165, 1.54) is 24.3 Å². The molecule has 126 valence electrons. The molecule has 1 amide bonds. The molecule has 0 aliphatic heterocycles. The Bertz CT molecular complexity index is 722. The Kier molecular flexibility index (Phi) is 6.47. The molecule has 0 radical (unpaired) electrons. The summed E-state index contributed by atoms with van der Waals surface area (Å²) in [5, 5.41) is 2.48. The molecule has 0 saturated carbocycles. The van der Waals surface area contributed by atoms with Gasteiger partial charge in [-0.05, 0) is 65.1 Å². The molecule has 0 bridgehead atoms. The van der Waals surface area contributed by atoms with Gasteiger partial charge >= 0.3 is 12.6 Å². The van der Waals surface area contributed by atoms with Crippen LogP contribution in [0.3, 0.4) is 0 Å². The average Bonchev–Trinajstić information content (AvgIpc) is 2.54. The van der Waals surface area contributed by atoms with E-state index in [-0.39, 0.29) is 5.75 Å². The van der Waals surface area contributed by atoms with E-state index in [0.717, 1.165) is 3.57 Å². The Labute approximate surface area is 150 Å². The van der Waals surface area contributed by atoms with Crippen molar-refractivity contribution < 1.29 is 27.8 Å². The number of anilines is 1. The van der Waals surface area contributed by atoms with Crippen molar-refractivity contribution in [2.45, 2.75) is 6.61 Å². The van der Waals surface area contributed by atoms with E-state index in [9.17, 15) is 18.4 Å². The molecule has 0 fully saturated rings. The first-order valence-electron chi connectivity index (χ1n) is 6.71. The number of carbonyl (C=O) groups is 2. The number of alkyl halides is 2. The van der Waals surface area contributed by atoms with Gasteiger partial charge in [-0.25, -0.2) is 4.79 Å². The van der Waals surface area contributed by atoms with Gasteiger partial charge in [-0.2, -0.15) is 8.78 Å². The number of halogens is 3. The molecule has 0 aliphatic carbocycles. The second-order valence-electron chi connectivity index (χ2n) is 4.54. The fourth-order valence-electron chi connectivity index (χ4n) is 1.75. The van der Waals surface area contributed by atoms with Crippen LogP contribution in [0.25, 0.3) is 0 Å². The number of amides is 1. The van der Waals surface area contributed by atoms with Crippen LogP contribution in [0.4, 0.5) is 14.5 Å². The van der Waals surface area contributed by atoms with Crippen molar-refractivity contribution >= 4 is 40.2 Å². The molecule has 0 aliphatic rings. The maximum absolute atomic E-state index is 12.0. The first kappa shape index (κ1) is 18.1. The van der Waals surface area contributed by atoms with Crippen molar-refractivity contribution in [2.75, 3.05) is 11.9 Å². The number of hydrogen-bond donors (Lipinski definition) is 1. The minimum atomic E-state index is -2.91. The Morgan fingerprint density at radius 3 is 2.46 bits per heavy atom. The van der Waals surface area contributed by atoms with Gasteiger partial charge < -0.3 is 14.8 Å². The molecule has 0 atom stereocenters. The van der Waals surface area contributed by atoms with Gasteiger partial charge in [-0.1, -0.05) is 6.07 Å². The van der Waals surface area contributed by atoms with Gasteiger partial charge in [-0.15, -0.1) is 0 Å². The second-order valence-corrected chi connectivity index (χ2v) is 5.78. The highest BCUT2D eigenvalue weighted by molar-refractivity contribution is 14.1. The zero-order valence-corrected chi connectivity index (χ0v) is 14.3. The number of ether oxygens (including phenoxy) is 2. The monoisotopic (exact) mass is 447 g/mol. The number of nitrogens with one attached hydrogen (secondary N) is 1. The van der Waals surface area contributed by atoms with Gasteiger partial charge in [0.1, 0.15) is 5.75 Å². The lowest BCUT2D eigenvalue weighted by Crippen LogP contribution is -2.20. The summed E-state index contributed by atoms with van der Waals surface area (Å²) in [6.07, 6.45) is 0. The summed E-state index contributed by atoms with van der Waals surface area (Å²) in [4.78, 5) is 23.5. The van der Waals surface area contributed by atoms with Crippen molar-refractivity contribution in [2.24, 2.45) is 0 Å². The van der Waals surface area contributed by atoms with E-state index in [2.05, 4.69) is 32.6 Å². The number of benzene rings is 2. The van der Waals surface area contributed by atoms with E-state index in [1.54, 1.807) is 18.2 Å². The molecule has 2 rings (SSSR count). The van der Waals surface area contributed by atoms with Gasteiger partial charge in [0.15, 0.2) is 6.61 Å². The van der Waals surface area contributed by atoms with Crippen LogP contribution in [-0.2, 0) is 9.53 Å². The van der Waals surface area contributed by atoms with E-state index in [0.29, 0.717) is 11.3 Å².